The zero-order chi connectivity index (χ0) is 17.3. The quantitative estimate of drug-likeness (QED) is 0.683. The molecule has 0 saturated carbocycles. The fourth-order valence-electron chi connectivity index (χ4n) is 3.67. The van der Waals surface area contributed by atoms with Crippen LogP contribution in [0.4, 0.5) is 0 Å². The Morgan fingerprint density at radius 1 is 1.21 bits per heavy atom. The van der Waals surface area contributed by atoms with Gasteiger partial charge in [0.2, 0.25) is 5.91 Å². The Morgan fingerprint density at radius 2 is 1.92 bits per heavy atom. The van der Waals surface area contributed by atoms with Crippen LogP contribution in [-0.4, -0.2) is 24.3 Å². The summed E-state index contributed by atoms with van der Waals surface area (Å²) < 4.78 is 5.09. The van der Waals surface area contributed by atoms with Crippen molar-refractivity contribution in [1.29, 1.82) is 0 Å². The van der Waals surface area contributed by atoms with Crippen molar-refractivity contribution in [2.75, 3.05) is 6.61 Å². The molecule has 0 saturated heterocycles. The van der Waals surface area contributed by atoms with Crippen LogP contribution < -0.4 is 5.32 Å². The van der Waals surface area contributed by atoms with Crippen LogP contribution in [0.2, 0.25) is 0 Å². The van der Waals surface area contributed by atoms with E-state index in [1.54, 1.807) is 6.92 Å². The molecule has 1 aromatic carbocycles. The molecule has 0 bridgehead atoms. The topological polar surface area (TPSA) is 72.5 Å². The summed E-state index contributed by atoms with van der Waals surface area (Å²) in [6.07, 6.45) is 0.720. The van der Waals surface area contributed by atoms with Gasteiger partial charge in [-0.2, -0.15) is 0 Å². The molecule has 3 rings (SSSR count). The van der Waals surface area contributed by atoms with Crippen molar-refractivity contribution in [1.82, 2.24) is 5.32 Å². The molecular weight excluding hydrogens is 306 g/mol. The molecule has 1 aliphatic carbocycles. The van der Waals surface area contributed by atoms with E-state index in [9.17, 15) is 14.4 Å². The molecule has 0 radical (unpaired) electrons. The Kier molecular flexibility index (Phi) is 4.51. The lowest BCUT2D eigenvalue weighted by Gasteiger charge is -2.36. The van der Waals surface area contributed by atoms with Gasteiger partial charge in [0.05, 0.1) is 6.61 Å². The zero-order valence-corrected chi connectivity index (χ0v) is 13.9. The number of hydrogen-bond donors (Lipinski definition) is 1. The molecule has 5 nitrogen and oxygen atoms in total. The molecule has 1 heterocycles. The van der Waals surface area contributed by atoms with E-state index < -0.39 is 11.9 Å². The molecule has 0 fully saturated rings. The molecule has 126 valence electrons. The molecule has 3 unspecified atom stereocenters. The van der Waals surface area contributed by atoms with E-state index in [1.807, 2.05) is 37.3 Å². The molecule has 1 aromatic rings. The van der Waals surface area contributed by atoms with Crippen molar-refractivity contribution in [3.05, 3.63) is 47.2 Å². The van der Waals surface area contributed by atoms with Crippen LogP contribution in [0.25, 0.3) is 0 Å². The second-order valence-electron chi connectivity index (χ2n) is 6.38. The molecule has 1 amide bonds. The van der Waals surface area contributed by atoms with Crippen LogP contribution in [0.1, 0.15) is 38.2 Å². The predicted octanol–water partition coefficient (Wildman–Crippen LogP) is 2.33. The third kappa shape index (κ3) is 2.86. The molecule has 0 spiro atoms. The Hall–Kier alpha value is -2.43. The Balaban J connectivity index is 2.02. The highest BCUT2D eigenvalue weighted by molar-refractivity contribution is 6.11. The number of allylic oxidation sites excluding steroid dienone is 2. The molecule has 0 aromatic heterocycles. The lowest BCUT2D eigenvalue weighted by Crippen LogP contribution is -2.44. The van der Waals surface area contributed by atoms with Gasteiger partial charge in [-0.05, 0) is 24.8 Å². The van der Waals surface area contributed by atoms with E-state index in [-0.39, 0.29) is 36.6 Å². The lowest BCUT2D eigenvalue weighted by atomic mass is 9.70. The van der Waals surface area contributed by atoms with E-state index in [0.29, 0.717) is 17.7 Å². The highest BCUT2D eigenvalue weighted by Crippen LogP contribution is 2.41. The minimum atomic E-state index is -0.787. The number of carbonyl (C=O) groups is 3. The zero-order valence-electron chi connectivity index (χ0n) is 13.9. The van der Waals surface area contributed by atoms with Crippen molar-refractivity contribution >= 4 is 17.7 Å². The van der Waals surface area contributed by atoms with Crippen LogP contribution in [0.15, 0.2) is 41.6 Å². The number of esters is 1. The summed E-state index contributed by atoms with van der Waals surface area (Å²) in [5.74, 6) is -2.04. The number of benzene rings is 1. The highest BCUT2D eigenvalue weighted by Gasteiger charge is 2.45. The second-order valence-corrected chi connectivity index (χ2v) is 6.38. The van der Waals surface area contributed by atoms with Gasteiger partial charge in [-0.15, -0.1) is 0 Å². The van der Waals surface area contributed by atoms with Crippen LogP contribution >= 0.6 is 0 Å². The average Bonchev–Trinajstić information content (AvgIpc) is 2.54. The number of ether oxygens (including phenoxy) is 1. The molecule has 1 N–H and O–H groups in total. The van der Waals surface area contributed by atoms with E-state index in [2.05, 4.69) is 5.32 Å². The molecule has 1 aliphatic heterocycles. The molecule has 2 aliphatic rings. The van der Waals surface area contributed by atoms with Gasteiger partial charge in [-0.1, -0.05) is 37.3 Å². The summed E-state index contributed by atoms with van der Waals surface area (Å²) in [4.78, 5) is 37.4. The third-order valence-corrected chi connectivity index (χ3v) is 4.74. The summed E-state index contributed by atoms with van der Waals surface area (Å²) in [5.41, 5.74) is 2.15. The van der Waals surface area contributed by atoms with Crippen LogP contribution in [0, 0.1) is 11.8 Å². The Labute approximate surface area is 141 Å². The van der Waals surface area contributed by atoms with Crippen molar-refractivity contribution < 1.29 is 19.1 Å². The number of carbonyl (C=O) groups excluding carboxylic acids is 3. The number of nitrogens with one attached hydrogen (secondary N) is 1. The first kappa shape index (κ1) is 16.4. The fourth-order valence-corrected chi connectivity index (χ4v) is 3.67. The summed E-state index contributed by atoms with van der Waals surface area (Å²) >= 11 is 0. The maximum Gasteiger partial charge on any atom is 0.317 e. The largest absolute Gasteiger partial charge is 0.465 e. The van der Waals surface area contributed by atoms with Gasteiger partial charge in [0.1, 0.15) is 5.92 Å². The summed E-state index contributed by atoms with van der Waals surface area (Å²) in [7, 11) is 0. The highest BCUT2D eigenvalue weighted by atomic mass is 16.5. The third-order valence-electron chi connectivity index (χ3n) is 4.74. The van der Waals surface area contributed by atoms with Gasteiger partial charge in [-0.3, -0.25) is 14.4 Å². The van der Waals surface area contributed by atoms with Gasteiger partial charge in [0, 0.05) is 23.6 Å². The van der Waals surface area contributed by atoms with Crippen molar-refractivity contribution in [2.45, 2.75) is 32.6 Å². The molecular formula is C19H21NO4. The maximum atomic E-state index is 13.1. The number of Topliss-reactive ketones (excluding diaryl/α,β-unsaturated/α-hetero) is 1. The first-order valence-corrected chi connectivity index (χ1v) is 8.31. The normalized spacial score (nSPS) is 26.7. The van der Waals surface area contributed by atoms with E-state index >= 15 is 0 Å². The van der Waals surface area contributed by atoms with Crippen LogP contribution in [-0.2, 0) is 19.1 Å². The fraction of sp³-hybridized carbons (Fsp3) is 0.421. The smallest absolute Gasteiger partial charge is 0.317 e. The van der Waals surface area contributed by atoms with Crippen LogP contribution in [0.3, 0.4) is 0 Å². The molecule has 5 heteroatoms. The van der Waals surface area contributed by atoms with Gasteiger partial charge in [0.25, 0.3) is 0 Å². The Bertz CT molecular complexity index is 707. The summed E-state index contributed by atoms with van der Waals surface area (Å²) in [6, 6.07) is 9.51. The van der Waals surface area contributed by atoms with Crippen LogP contribution in [0.5, 0.6) is 0 Å². The monoisotopic (exact) mass is 327 g/mol. The van der Waals surface area contributed by atoms with Gasteiger partial charge < -0.3 is 10.1 Å². The summed E-state index contributed by atoms with van der Waals surface area (Å²) in [6.45, 7) is 3.83. The van der Waals surface area contributed by atoms with E-state index in [1.165, 1.54) is 0 Å². The number of rotatable bonds is 3. The molecule has 24 heavy (non-hydrogen) atoms. The first-order valence-electron chi connectivity index (χ1n) is 8.31. The van der Waals surface area contributed by atoms with Gasteiger partial charge in [-0.25, -0.2) is 0 Å². The number of hydrogen-bond acceptors (Lipinski definition) is 4. The number of ketones is 1. The number of amides is 1. The van der Waals surface area contributed by atoms with Crippen molar-refractivity contribution in [3.63, 3.8) is 0 Å². The van der Waals surface area contributed by atoms with Gasteiger partial charge >= 0.3 is 5.97 Å². The maximum absolute atomic E-state index is 13.1. The lowest BCUT2D eigenvalue weighted by molar-refractivity contribution is -0.153. The Morgan fingerprint density at radius 3 is 2.58 bits per heavy atom. The van der Waals surface area contributed by atoms with E-state index in [4.69, 9.17) is 4.74 Å². The van der Waals surface area contributed by atoms with Crippen molar-refractivity contribution in [2.24, 2.45) is 11.8 Å². The second kappa shape index (κ2) is 6.59. The minimum Gasteiger partial charge on any atom is -0.465 e. The van der Waals surface area contributed by atoms with E-state index in [0.717, 1.165) is 5.56 Å². The minimum absolute atomic E-state index is 0.0859. The van der Waals surface area contributed by atoms with Crippen molar-refractivity contribution in [3.8, 4) is 0 Å². The first-order chi connectivity index (χ1) is 11.5. The standard InChI is InChI=1S/C19H21NO4/c1-3-24-19(23)16-11(2)9-14-17(18(16)22)13(10-15(21)20-14)12-7-5-4-6-8-12/h4-8,11,13,16H,3,9-10H2,1-2H3,(H,20,21). The summed E-state index contributed by atoms with van der Waals surface area (Å²) in [5, 5.41) is 2.84. The molecule has 3 atom stereocenters. The SMILES string of the molecule is CCOC(=O)C1C(=O)C2=C(CC1C)NC(=O)CC2c1ccccc1. The predicted molar refractivity (Wildman–Crippen MR) is 87.9 cm³/mol. The average molecular weight is 327 g/mol. The van der Waals surface area contributed by atoms with Gasteiger partial charge in [0.15, 0.2) is 5.78 Å².